The third-order valence-electron chi connectivity index (χ3n) is 4.92. The fourth-order valence-electron chi connectivity index (χ4n) is 3.49. The van der Waals surface area contributed by atoms with Crippen molar-refractivity contribution in [3.8, 4) is 11.4 Å². The van der Waals surface area contributed by atoms with Crippen LogP contribution in [0.15, 0.2) is 60.8 Å². The quantitative estimate of drug-likeness (QED) is 0.643. The SMILES string of the molecule is CC(C)(C)OC(=O)N1CCC(c2nc(Nc3ccccc3)cc(-c3ccccn3)n2)C1. The number of aromatic nitrogens is 3. The van der Waals surface area contributed by atoms with Gasteiger partial charge >= 0.3 is 6.09 Å². The lowest BCUT2D eigenvalue weighted by molar-refractivity contribution is 0.0292. The number of pyridine rings is 1. The number of carbonyl (C=O) groups is 1. The van der Waals surface area contributed by atoms with Crippen molar-refractivity contribution in [2.45, 2.75) is 38.7 Å². The Hall–Kier alpha value is -3.48. The summed E-state index contributed by atoms with van der Waals surface area (Å²) < 4.78 is 5.53. The van der Waals surface area contributed by atoms with Crippen molar-refractivity contribution < 1.29 is 9.53 Å². The van der Waals surface area contributed by atoms with E-state index in [4.69, 9.17) is 14.7 Å². The predicted octanol–water partition coefficient (Wildman–Crippen LogP) is 5.01. The van der Waals surface area contributed by atoms with Crippen molar-refractivity contribution >= 4 is 17.6 Å². The molecule has 1 amide bonds. The van der Waals surface area contributed by atoms with Gasteiger partial charge in [-0.15, -0.1) is 0 Å². The smallest absolute Gasteiger partial charge is 0.410 e. The van der Waals surface area contributed by atoms with Crippen LogP contribution in [0, 0.1) is 0 Å². The molecule has 0 saturated carbocycles. The number of carbonyl (C=O) groups excluding carboxylic acids is 1. The minimum Gasteiger partial charge on any atom is -0.444 e. The summed E-state index contributed by atoms with van der Waals surface area (Å²) in [6.45, 7) is 6.78. The molecule has 2 aromatic heterocycles. The Morgan fingerprint density at radius 3 is 2.55 bits per heavy atom. The molecule has 1 atom stereocenters. The van der Waals surface area contributed by atoms with Gasteiger partial charge in [-0.3, -0.25) is 4.98 Å². The molecule has 1 aliphatic heterocycles. The molecule has 0 radical (unpaired) electrons. The lowest BCUT2D eigenvalue weighted by Crippen LogP contribution is -2.35. The maximum atomic E-state index is 12.5. The van der Waals surface area contributed by atoms with E-state index < -0.39 is 5.60 Å². The highest BCUT2D eigenvalue weighted by atomic mass is 16.6. The number of ether oxygens (including phenoxy) is 1. The lowest BCUT2D eigenvalue weighted by atomic mass is 10.1. The Kier molecular flexibility index (Phi) is 5.84. The van der Waals surface area contributed by atoms with Gasteiger partial charge < -0.3 is 15.0 Å². The molecule has 0 spiro atoms. The van der Waals surface area contributed by atoms with E-state index in [1.54, 1.807) is 11.1 Å². The van der Waals surface area contributed by atoms with E-state index in [2.05, 4.69) is 10.3 Å². The summed E-state index contributed by atoms with van der Waals surface area (Å²) in [5, 5.41) is 3.36. The largest absolute Gasteiger partial charge is 0.444 e. The monoisotopic (exact) mass is 417 g/mol. The van der Waals surface area contributed by atoms with E-state index in [1.807, 2.05) is 75.4 Å². The molecule has 1 aromatic carbocycles. The predicted molar refractivity (Wildman–Crippen MR) is 120 cm³/mol. The molecular formula is C24H27N5O2. The average Bonchev–Trinajstić information content (AvgIpc) is 3.24. The van der Waals surface area contributed by atoms with Gasteiger partial charge in [0.2, 0.25) is 0 Å². The maximum Gasteiger partial charge on any atom is 0.410 e. The highest BCUT2D eigenvalue weighted by Crippen LogP contribution is 2.29. The summed E-state index contributed by atoms with van der Waals surface area (Å²) in [5.41, 5.74) is 1.96. The number of anilines is 2. The summed E-state index contributed by atoms with van der Waals surface area (Å²) in [5.74, 6) is 1.44. The standard InChI is InChI=1S/C24H27N5O2/c1-24(2,3)31-23(30)29-14-12-17(16-29)22-27-20(19-11-7-8-13-25-19)15-21(28-22)26-18-9-5-4-6-10-18/h4-11,13,15,17H,12,14,16H2,1-3H3,(H,26,27,28). The first-order valence-corrected chi connectivity index (χ1v) is 10.5. The molecule has 0 aliphatic carbocycles. The maximum absolute atomic E-state index is 12.5. The second-order valence-electron chi connectivity index (χ2n) is 8.61. The zero-order valence-electron chi connectivity index (χ0n) is 18.1. The van der Waals surface area contributed by atoms with Gasteiger partial charge in [-0.2, -0.15) is 0 Å². The minimum absolute atomic E-state index is 0.0347. The number of nitrogens with zero attached hydrogens (tertiary/aromatic N) is 4. The summed E-state index contributed by atoms with van der Waals surface area (Å²) in [4.78, 5) is 28.2. The third-order valence-corrected chi connectivity index (χ3v) is 4.92. The average molecular weight is 418 g/mol. The summed E-state index contributed by atoms with van der Waals surface area (Å²) >= 11 is 0. The summed E-state index contributed by atoms with van der Waals surface area (Å²) in [7, 11) is 0. The first-order chi connectivity index (χ1) is 14.9. The number of rotatable bonds is 4. The van der Waals surface area contributed by atoms with E-state index in [-0.39, 0.29) is 12.0 Å². The van der Waals surface area contributed by atoms with Gasteiger partial charge in [-0.1, -0.05) is 24.3 Å². The van der Waals surface area contributed by atoms with E-state index in [0.29, 0.717) is 24.7 Å². The second kappa shape index (κ2) is 8.71. The van der Waals surface area contributed by atoms with Gasteiger partial charge in [0.15, 0.2) is 0 Å². The molecule has 1 fully saturated rings. The lowest BCUT2D eigenvalue weighted by Gasteiger charge is -2.24. The number of likely N-dealkylation sites (tertiary alicyclic amines) is 1. The van der Waals surface area contributed by atoms with Crippen molar-refractivity contribution in [3.63, 3.8) is 0 Å². The first kappa shape index (κ1) is 20.8. The molecule has 7 heteroatoms. The van der Waals surface area contributed by atoms with E-state index in [1.165, 1.54) is 0 Å². The van der Waals surface area contributed by atoms with Crippen molar-refractivity contribution in [3.05, 3.63) is 66.6 Å². The molecular weight excluding hydrogens is 390 g/mol. The van der Waals surface area contributed by atoms with Crippen LogP contribution in [-0.2, 0) is 4.74 Å². The van der Waals surface area contributed by atoms with Crippen LogP contribution in [0.5, 0.6) is 0 Å². The zero-order valence-corrected chi connectivity index (χ0v) is 18.1. The van der Waals surface area contributed by atoms with Crippen LogP contribution in [0.4, 0.5) is 16.3 Å². The molecule has 160 valence electrons. The first-order valence-electron chi connectivity index (χ1n) is 10.5. The Bertz CT molecular complexity index is 1030. The van der Waals surface area contributed by atoms with Crippen LogP contribution >= 0.6 is 0 Å². The summed E-state index contributed by atoms with van der Waals surface area (Å²) in [6.07, 6.45) is 2.25. The molecule has 3 heterocycles. The minimum atomic E-state index is -0.517. The number of nitrogens with one attached hydrogen (secondary N) is 1. The van der Waals surface area contributed by atoms with Gasteiger partial charge in [-0.05, 0) is 51.5 Å². The van der Waals surface area contributed by atoms with Gasteiger partial charge in [0.05, 0.1) is 11.4 Å². The van der Waals surface area contributed by atoms with Crippen LogP contribution in [0.1, 0.15) is 38.9 Å². The van der Waals surface area contributed by atoms with Crippen molar-refractivity contribution in [1.82, 2.24) is 19.9 Å². The Morgan fingerprint density at radius 2 is 1.84 bits per heavy atom. The van der Waals surface area contributed by atoms with Gasteiger partial charge in [0.25, 0.3) is 0 Å². The topological polar surface area (TPSA) is 80.2 Å². The number of amides is 1. The van der Waals surface area contributed by atoms with Gasteiger partial charge in [-0.25, -0.2) is 14.8 Å². The third kappa shape index (κ3) is 5.36. The van der Waals surface area contributed by atoms with E-state index in [9.17, 15) is 4.79 Å². The Labute approximate surface area is 182 Å². The summed E-state index contributed by atoms with van der Waals surface area (Å²) in [6, 6.07) is 17.5. The molecule has 3 aromatic rings. The molecule has 0 bridgehead atoms. The highest BCUT2D eigenvalue weighted by molar-refractivity contribution is 5.69. The Morgan fingerprint density at radius 1 is 1.06 bits per heavy atom. The number of hydrogen-bond donors (Lipinski definition) is 1. The molecule has 7 nitrogen and oxygen atoms in total. The Balaban J connectivity index is 1.61. The van der Waals surface area contributed by atoms with Crippen LogP contribution in [-0.4, -0.2) is 44.6 Å². The zero-order chi connectivity index (χ0) is 21.8. The number of para-hydroxylation sites is 1. The molecule has 1 saturated heterocycles. The second-order valence-corrected chi connectivity index (χ2v) is 8.61. The van der Waals surface area contributed by atoms with Gasteiger partial charge in [0.1, 0.15) is 17.2 Å². The van der Waals surface area contributed by atoms with Crippen LogP contribution in [0.25, 0.3) is 11.4 Å². The van der Waals surface area contributed by atoms with Crippen LogP contribution in [0.3, 0.4) is 0 Å². The molecule has 1 aliphatic rings. The fourth-order valence-corrected chi connectivity index (χ4v) is 3.49. The molecule has 1 unspecified atom stereocenters. The van der Waals surface area contributed by atoms with E-state index in [0.717, 1.165) is 23.5 Å². The number of benzene rings is 1. The number of hydrogen-bond acceptors (Lipinski definition) is 6. The van der Waals surface area contributed by atoms with Crippen LogP contribution in [0.2, 0.25) is 0 Å². The fraction of sp³-hybridized carbons (Fsp3) is 0.333. The molecule has 4 rings (SSSR count). The molecule has 31 heavy (non-hydrogen) atoms. The van der Waals surface area contributed by atoms with E-state index >= 15 is 0 Å². The van der Waals surface area contributed by atoms with Crippen molar-refractivity contribution in [2.75, 3.05) is 18.4 Å². The molecule has 1 N–H and O–H groups in total. The highest BCUT2D eigenvalue weighted by Gasteiger charge is 2.32. The van der Waals surface area contributed by atoms with Gasteiger partial charge in [0, 0.05) is 37.0 Å². The van der Waals surface area contributed by atoms with Crippen LogP contribution < -0.4 is 5.32 Å². The normalized spacial score (nSPS) is 16.2. The van der Waals surface area contributed by atoms with Crippen molar-refractivity contribution in [1.29, 1.82) is 0 Å². The van der Waals surface area contributed by atoms with Crippen molar-refractivity contribution in [2.24, 2.45) is 0 Å².